The van der Waals surface area contributed by atoms with Crippen molar-refractivity contribution in [3.8, 4) is 5.75 Å². The molecule has 4 rings (SSSR count). The van der Waals surface area contributed by atoms with Gasteiger partial charge >= 0.3 is 6.36 Å². The molecule has 1 amide bonds. The van der Waals surface area contributed by atoms with Gasteiger partial charge in [0.05, 0.1) is 17.7 Å². The molecular formula is C26H23F3N4O3. The fourth-order valence-corrected chi connectivity index (χ4v) is 4.16. The molecule has 0 saturated carbocycles. The van der Waals surface area contributed by atoms with Crippen LogP contribution in [0.3, 0.4) is 0 Å². The normalized spacial score (nSPS) is 18.1. The Morgan fingerprint density at radius 1 is 1.00 bits per heavy atom. The number of aryl methyl sites for hydroxylation is 1. The van der Waals surface area contributed by atoms with Crippen LogP contribution in [0.1, 0.15) is 53.0 Å². The number of ketones is 1. The zero-order valence-corrected chi connectivity index (χ0v) is 19.7. The molecule has 2 unspecified atom stereocenters. The number of aromatic nitrogens is 2. The van der Waals surface area contributed by atoms with Gasteiger partial charge in [-0.15, -0.1) is 18.3 Å². The number of amides is 1. The van der Waals surface area contributed by atoms with Crippen LogP contribution in [0, 0.1) is 18.3 Å². The molecule has 36 heavy (non-hydrogen) atoms. The average molecular weight is 496 g/mol. The summed E-state index contributed by atoms with van der Waals surface area (Å²) in [5.74, 6) is -2.46. The van der Waals surface area contributed by atoms with E-state index in [4.69, 9.17) is 5.41 Å². The van der Waals surface area contributed by atoms with Crippen LogP contribution < -0.4 is 9.64 Å². The Balaban J connectivity index is 1.78. The minimum absolute atomic E-state index is 0.126. The summed E-state index contributed by atoms with van der Waals surface area (Å²) in [6.07, 6.45) is -4.86. The van der Waals surface area contributed by atoms with E-state index in [1.165, 1.54) is 17.0 Å². The van der Waals surface area contributed by atoms with E-state index in [9.17, 15) is 22.8 Å². The van der Waals surface area contributed by atoms with Crippen molar-refractivity contribution in [1.29, 1.82) is 5.41 Å². The number of nitrogens with zero attached hydrogens (tertiary/aromatic N) is 3. The molecule has 1 aliphatic rings. The number of carbonyl (C=O) groups is 2. The highest BCUT2D eigenvalue weighted by Gasteiger charge is 2.50. The first-order valence-corrected chi connectivity index (χ1v) is 11.2. The fourth-order valence-electron chi connectivity index (χ4n) is 4.16. The van der Waals surface area contributed by atoms with Gasteiger partial charge in [-0.1, -0.05) is 50.2 Å². The number of nitrogens with one attached hydrogen (secondary N) is 1. The van der Waals surface area contributed by atoms with E-state index in [1.807, 2.05) is 26.0 Å². The number of hydrogen-bond donors (Lipinski definition) is 1. The van der Waals surface area contributed by atoms with Gasteiger partial charge in [0, 0.05) is 5.56 Å². The molecular weight excluding hydrogens is 473 g/mol. The highest BCUT2D eigenvalue weighted by atomic mass is 19.4. The SMILES string of the molecule is Cc1ccc(N2C(=O)C(=N)C(C(=O)c3ccc(C(C)C)cc3)C2c2ccc(OC(F)(F)F)cc2)nn1. The van der Waals surface area contributed by atoms with Crippen molar-refractivity contribution >= 4 is 23.2 Å². The lowest BCUT2D eigenvalue weighted by atomic mass is 9.85. The number of hydrogen-bond acceptors (Lipinski definition) is 6. The smallest absolute Gasteiger partial charge is 0.406 e. The molecule has 0 aliphatic carbocycles. The van der Waals surface area contributed by atoms with Gasteiger partial charge in [-0.05, 0) is 48.2 Å². The molecule has 1 aliphatic heterocycles. The minimum atomic E-state index is -4.86. The van der Waals surface area contributed by atoms with Crippen molar-refractivity contribution in [1.82, 2.24) is 10.2 Å². The van der Waals surface area contributed by atoms with Crippen LogP contribution >= 0.6 is 0 Å². The number of ether oxygens (including phenoxy) is 1. The molecule has 10 heteroatoms. The number of halogens is 3. The molecule has 3 aromatic rings. The van der Waals surface area contributed by atoms with E-state index in [0.717, 1.165) is 17.7 Å². The second kappa shape index (κ2) is 9.52. The van der Waals surface area contributed by atoms with Crippen molar-refractivity contribution < 1.29 is 27.5 Å². The van der Waals surface area contributed by atoms with Crippen LogP contribution in [0.15, 0.2) is 60.7 Å². The molecule has 0 radical (unpaired) electrons. The molecule has 7 nitrogen and oxygen atoms in total. The summed E-state index contributed by atoms with van der Waals surface area (Å²) in [5, 5.41) is 16.6. The van der Waals surface area contributed by atoms with Gasteiger partial charge in [-0.25, -0.2) is 0 Å². The Morgan fingerprint density at radius 2 is 1.64 bits per heavy atom. The standard InChI is InChI=1S/C26H23F3N4O3/c1-14(2)16-5-7-18(8-6-16)24(34)21-22(30)25(35)33(20-13-4-15(3)31-32-20)23(21)17-9-11-19(12-10-17)36-26(27,28)29/h4-14,21,23,30H,1-3H3. The first-order valence-electron chi connectivity index (χ1n) is 11.2. The summed E-state index contributed by atoms with van der Waals surface area (Å²) in [5.41, 5.74) is 1.86. The quantitative estimate of drug-likeness (QED) is 0.460. The van der Waals surface area contributed by atoms with Crippen molar-refractivity contribution in [2.45, 2.75) is 39.1 Å². The zero-order chi connectivity index (χ0) is 26.2. The molecule has 0 spiro atoms. The Bertz CT molecular complexity index is 1290. The van der Waals surface area contributed by atoms with E-state index in [0.29, 0.717) is 16.8 Å². The summed E-state index contributed by atoms with van der Waals surface area (Å²) in [4.78, 5) is 28.0. The predicted octanol–water partition coefficient (Wildman–Crippen LogP) is 5.41. The van der Waals surface area contributed by atoms with Crippen molar-refractivity contribution in [3.05, 3.63) is 83.0 Å². The van der Waals surface area contributed by atoms with Crippen molar-refractivity contribution in [2.24, 2.45) is 5.92 Å². The number of carbonyl (C=O) groups excluding carboxylic acids is 2. The highest BCUT2D eigenvalue weighted by molar-refractivity contribution is 6.50. The summed E-state index contributed by atoms with van der Waals surface area (Å²) in [7, 11) is 0. The monoisotopic (exact) mass is 496 g/mol. The summed E-state index contributed by atoms with van der Waals surface area (Å²) < 4.78 is 41.8. The Labute approximate surface area is 205 Å². The summed E-state index contributed by atoms with van der Waals surface area (Å²) >= 11 is 0. The molecule has 1 fully saturated rings. The minimum Gasteiger partial charge on any atom is -0.406 e. The number of rotatable bonds is 6. The third-order valence-electron chi connectivity index (χ3n) is 5.98. The Kier molecular flexibility index (Phi) is 6.62. The van der Waals surface area contributed by atoms with Crippen LogP contribution in [0.2, 0.25) is 0 Å². The predicted molar refractivity (Wildman–Crippen MR) is 126 cm³/mol. The van der Waals surface area contributed by atoms with E-state index in [1.54, 1.807) is 31.2 Å². The van der Waals surface area contributed by atoms with Gasteiger partial charge in [-0.3, -0.25) is 19.9 Å². The van der Waals surface area contributed by atoms with Gasteiger partial charge in [0.25, 0.3) is 5.91 Å². The largest absolute Gasteiger partial charge is 0.573 e. The maximum atomic E-state index is 13.6. The second-order valence-corrected chi connectivity index (χ2v) is 8.80. The maximum Gasteiger partial charge on any atom is 0.573 e. The van der Waals surface area contributed by atoms with Gasteiger partial charge in [0.2, 0.25) is 0 Å². The van der Waals surface area contributed by atoms with Crippen LogP contribution in [-0.2, 0) is 4.79 Å². The lowest BCUT2D eigenvalue weighted by Gasteiger charge is -2.26. The van der Waals surface area contributed by atoms with Gasteiger partial charge < -0.3 is 4.74 Å². The summed E-state index contributed by atoms with van der Waals surface area (Å²) in [6.45, 7) is 5.75. The average Bonchev–Trinajstić information content (AvgIpc) is 3.09. The van der Waals surface area contributed by atoms with Gasteiger partial charge in [0.15, 0.2) is 11.6 Å². The number of Topliss-reactive ketones (excluding diaryl/α,β-unsaturated/α-hetero) is 1. The Morgan fingerprint density at radius 3 is 2.17 bits per heavy atom. The lowest BCUT2D eigenvalue weighted by molar-refractivity contribution is -0.274. The van der Waals surface area contributed by atoms with Gasteiger partial charge in [-0.2, -0.15) is 5.10 Å². The topological polar surface area (TPSA) is 96.2 Å². The third kappa shape index (κ3) is 4.98. The molecule has 186 valence electrons. The molecule has 2 aromatic carbocycles. The van der Waals surface area contributed by atoms with Crippen LogP contribution in [0.25, 0.3) is 0 Å². The Hall–Kier alpha value is -4.08. The molecule has 1 saturated heterocycles. The summed E-state index contributed by atoms with van der Waals surface area (Å²) in [6, 6.07) is 14.0. The van der Waals surface area contributed by atoms with Crippen molar-refractivity contribution in [2.75, 3.05) is 4.90 Å². The van der Waals surface area contributed by atoms with Crippen LogP contribution in [0.5, 0.6) is 5.75 Å². The number of alkyl halides is 3. The molecule has 2 heterocycles. The molecule has 1 aromatic heterocycles. The first-order chi connectivity index (χ1) is 17.0. The molecule has 2 atom stereocenters. The van der Waals surface area contributed by atoms with Crippen LogP contribution in [0.4, 0.5) is 19.0 Å². The maximum absolute atomic E-state index is 13.6. The molecule has 1 N–H and O–H groups in total. The lowest BCUT2D eigenvalue weighted by Crippen LogP contribution is -2.31. The zero-order valence-electron chi connectivity index (χ0n) is 19.7. The van der Waals surface area contributed by atoms with Gasteiger partial charge in [0.1, 0.15) is 11.5 Å². The van der Waals surface area contributed by atoms with Crippen LogP contribution in [-0.4, -0.2) is 34.0 Å². The highest BCUT2D eigenvalue weighted by Crippen LogP contribution is 2.41. The third-order valence-corrected chi connectivity index (χ3v) is 5.98. The second-order valence-electron chi connectivity index (χ2n) is 8.80. The van der Waals surface area contributed by atoms with E-state index >= 15 is 0 Å². The van der Waals surface area contributed by atoms with E-state index in [2.05, 4.69) is 14.9 Å². The fraction of sp³-hybridized carbons (Fsp3) is 0.269. The van der Waals surface area contributed by atoms with E-state index in [-0.39, 0.29) is 11.7 Å². The number of benzene rings is 2. The first kappa shape index (κ1) is 25.0. The number of anilines is 1. The van der Waals surface area contributed by atoms with Crippen molar-refractivity contribution in [3.63, 3.8) is 0 Å². The molecule has 0 bridgehead atoms. The van der Waals surface area contributed by atoms with E-state index < -0.39 is 41.5 Å².